The molecule has 0 N–H and O–H groups in total. The van der Waals surface area contributed by atoms with Gasteiger partial charge in [0.1, 0.15) is 5.75 Å². The van der Waals surface area contributed by atoms with Gasteiger partial charge in [-0.2, -0.15) is 5.26 Å². The lowest BCUT2D eigenvalue weighted by Gasteiger charge is -2.30. The molecular formula is C15H19NO2. The first-order valence-corrected chi connectivity index (χ1v) is 6.52. The second-order valence-electron chi connectivity index (χ2n) is 4.77. The lowest BCUT2D eigenvalue weighted by Crippen LogP contribution is -2.28. The van der Waals surface area contributed by atoms with Crippen LogP contribution in [0.2, 0.25) is 0 Å². The fourth-order valence-corrected chi connectivity index (χ4v) is 2.30. The first-order valence-electron chi connectivity index (χ1n) is 6.52. The minimum absolute atomic E-state index is 0.182. The molecule has 0 radical (unpaired) electrons. The summed E-state index contributed by atoms with van der Waals surface area (Å²) in [7, 11) is 0. The smallest absolute Gasteiger partial charge is 0.119 e. The van der Waals surface area contributed by atoms with E-state index in [0.29, 0.717) is 19.8 Å². The van der Waals surface area contributed by atoms with Gasteiger partial charge in [0.2, 0.25) is 0 Å². The van der Waals surface area contributed by atoms with E-state index in [2.05, 4.69) is 6.07 Å². The van der Waals surface area contributed by atoms with E-state index in [-0.39, 0.29) is 5.41 Å². The molecule has 1 saturated heterocycles. The van der Waals surface area contributed by atoms with E-state index in [1.165, 1.54) is 0 Å². The first kappa shape index (κ1) is 12.9. The molecule has 18 heavy (non-hydrogen) atoms. The number of benzene rings is 1. The molecule has 96 valence electrons. The molecule has 3 nitrogen and oxygen atoms in total. The van der Waals surface area contributed by atoms with E-state index in [9.17, 15) is 5.26 Å². The fourth-order valence-electron chi connectivity index (χ4n) is 2.30. The largest absolute Gasteiger partial charge is 0.494 e. The Morgan fingerprint density at radius 2 is 1.94 bits per heavy atom. The van der Waals surface area contributed by atoms with Crippen molar-refractivity contribution >= 4 is 0 Å². The molecule has 1 heterocycles. The predicted octanol–water partition coefficient (Wildman–Crippen LogP) is 3.17. The average Bonchev–Trinajstić information content (AvgIpc) is 2.46. The number of para-hydroxylation sites is 1. The SMILES string of the molecule is N#CC1(CCCOc2ccccc2)CCOCC1. The number of hydrogen-bond donors (Lipinski definition) is 0. The molecule has 0 spiro atoms. The molecule has 3 heteroatoms. The second kappa shape index (κ2) is 6.42. The van der Waals surface area contributed by atoms with Gasteiger partial charge in [-0.25, -0.2) is 0 Å². The Bertz CT molecular complexity index is 391. The minimum Gasteiger partial charge on any atom is -0.494 e. The molecule has 0 unspecified atom stereocenters. The lowest BCUT2D eigenvalue weighted by atomic mass is 9.78. The van der Waals surface area contributed by atoms with Crippen LogP contribution in [0, 0.1) is 16.7 Å². The summed E-state index contributed by atoms with van der Waals surface area (Å²) in [5, 5.41) is 9.31. The third kappa shape index (κ3) is 3.48. The Balaban J connectivity index is 1.73. The molecule has 1 aliphatic rings. The van der Waals surface area contributed by atoms with E-state index in [0.717, 1.165) is 31.4 Å². The van der Waals surface area contributed by atoms with Gasteiger partial charge in [-0.1, -0.05) is 18.2 Å². The maximum Gasteiger partial charge on any atom is 0.119 e. The highest BCUT2D eigenvalue weighted by molar-refractivity contribution is 5.20. The molecule has 0 bridgehead atoms. The van der Waals surface area contributed by atoms with Gasteiger partial charge >= 0.3 is 0 Å². The Morgan fingerprint density at radius 3 is 2.61 bits per heavy atom. The van der Waals surface area contributed by atoms with E-state index >= 15 is 0 Å². The van der Waals surface area contributed by atoms with E-state index < -0.39 is 0 Å². The topological polar surface area (TPSA) is 42.2 Å². The number of rotatable bonds is 5. The molecule has 0 amide bonds. The molecule has 0 saturated carbocycles. The zero-order valence-corrected chi connectivity index (χ0v) is 10.6. The second-order valence-corrected chi connectivity index (χ2v) is 4.77. The van der Waals surface area contributed by atoms with Crippen LogP contribution in [-0.2, 0) is 4.74 Å². The molecule has 0 aromatic heterocycles. The van der Waals surface area contributed by atoms with Crippen molar-refractivity contribution in [3.63, 3.8) is 0 Å². The van der Waals surface area contributed by atoms with Crippen LogP contribution in [0.1, 0.15) is 25.7 Å². The maximum absolute atomic E-state index is 9.31. The number of nitriles is 1. The molecule has 1 aromatic carbocycles. The van der Waals surface area contributed by atoms with Crippen LogP contribution in [0.4, 0.5) is 0 Å². The minimum atomic E-state index is -0.182. The summed E-state index contributed by atoms with van der Waals surface area (Å²) in [4.78, 5) is 0. The van der Waals surface area contributed by atoms with Crippen molar-refractivity contribution in [2.75, 3.05) is 19.8 Å². The van der Waals surface area contributed by atoms with Crippen molar-refractivity contribution in [1.29, 1.82) is 5.26 Å². The van der Waals surface area contributed by atoms with Crippen molar-refractivity contribution in [2.24, 2.45) is 5.41 Å². The molecule has 1 fully saturated rings. The number of hydrogen-bond acceptors (Lipinski definition) is 3. The molecule has 0 aliphatic carbocycles. The van der Waals surface area contributed by atoms with Crippen LogP contribution in [0.25, 0.3) is 0 Å². The van der Waals surface area contributed by atoms with Gasteiger partial charge in [-0.15, -0.1) is 0 Å². The van der Waals surface area contributed by atoms with Crippen LogP contribution < -0.4 is 4.74 Å². The Morgan fingerprint density at radius 1 is 1.22 bits per heavy atom. The van der Waals surface area contributed by atoms with Crippen LogP contribution >= 0.6 is 0 Å². The normalized spacial score (nSPS) is 17.9. The van der Waals surface area contributed by atoms with E-state index in [1.54, 1.807) is 0 Å². The van der Waals surface area contributed by atoms with E-state index in [4.69, 9.17) is 9.47 Å². The third-order valence-electron chi connectivity index (χ3n) is 3.50. The molecule has 2 rings (SSSR count). The quantitative estimate of drug-likeness (QED) is 0.748. The van der Waals surface area contributed by atoms with Crippen LogP contribution in [-0.4, -0.2) is 19.8 Å². The van der Waals surface area contributed by atoms with Crippen molar-refractivity contribution in [3.05, 3.63) is 30.3 Å². The average molecular weight is 245 g/mol. The van der Waals surface area contributed by atoms with Gasteiger partial charge in [-0.05, 0) is 37.8 Å². The maximum atomic E-state index is 9.31. The summed E-state index contributed by atoms with van der Waals surface area (Å²) < 4.78 is 11.0. The van der Waals surface area contributed by atoms with Gasteiger partial charge in [0.25, 0.3) is 0 Å². The van der Waals surface area contributed by atoms with Crippen LogP contribution in [0.3, 0.4) is 0 Å². The molecular weight excluding hydrogens is 226 g/mol. The summed E-state index contributed by atoms with van der Waals surface area (Å²) in [6, 6.07) is 12.3. The van der Waals surface area contributed by atoms with Gasteiger partial charge in [-0.3, -0.25) is 0 Å². The zero-order valence-electron chi connectivity index (χ0n) is 10.6. The zero-order chi connectivity index (χ0) is 12.7. The summed E-state index contributed by atoms with van der Waals surface area (Å²) in [6.07, 6.45) is 3.53. The Labute approximate surface area is 108 Å². The van der Waals surface area contributed by atoms with Crippen molar-refractivity contribution in [1.82, 2.24) is 0 Å². The first-order chi connectivity index (χ1) is 8.85. The Hall–Kier alpha value is -1.53. The highest BCUT2D eigenvalue weighted by Gasteiger charge is 2.31. The van der Waals surface area contributed by atoms with Crippen LogP contribution in [0.5, 0.6) is 5.75 Å². The van der Waals surface area contributed by atoms with Crippen molar-refractivity contribution < 1.29 is 9.47 Å². The molecule has 1 aliphatic heterocycles. The predicted molar refractivity (Wildman–Crippen MR) is 69.3 cm³/mol. The summed E-state index contributed by atoms with van der Waals surface area (Å²) in [5.41, 5.74) is -0.182. The summed E-state index contributed by atoms with van der Waals surface area (Å²) in [5.74, 6) is 0.899. The standard InChI is InChI=1S/C15H19NO2/c16-13-15(8-11-17-12-9-15)7-4-10-18-14-5-2-1-3-6-14/h1-3,5-6H,4,7-12H2. The van der Waals surface area contributed by atoms with Gasteiger partial charge in [0.15, 0.2) is 0 Å². The van der Waals surface area contributed by atoms with Crippen LogP contribution in [0.15, 0.2) is 30.3 Å². The number of ether oxygens (including phenoxy) is 2. The number of nitrogens with zero attached hydrogens (tertiary/aromatic N) is 1. The summed E-state index contributed by atoms with van der Waals surface area (Å²) in [6.45, 7) is 2.11. The highest BCUT2D eigenvalue weighted by atomic mass is 16.5. The van der Waals surface area contributed by atoms with E-state index in [1.807, 2.05) is 30.3 Å². The van der Waals surface area contributed by atoms with Crippen molar-refractivity contribution in [2.45, 2.75) is 25.7 Å². The molecule has 0 atom stereocenters. The Kier molecular flexibility index (Phi) is 4.60. The van der Waals surface area contributed by atoms with Gasteiger partial charge in [0, 0.05) is 13.2 Å². The van der Waals surface area contributed by atoms with Crippen molar-refractivity contribution in [3.8, 4) is 11.8 Å². The lowest BCUT2D eigenvalue weighted by molar-refractivity contribution is 0.0346. The highest BCUT2D eigenvalue weighted by Crippen LogP contribution is 2.34. The third-order valence-corrected chi connectivity index (χ3v) is 3.50. The fraction of sp³-hybridized carbons (Fsp3) is 0.533. The molecule has 1 aromatic rings. The van der Waals surface area contributed by atoms with Gasteiger partial charge < -0.3 is 9.47 Å². The summed E-state index contributed by atoms with van der Waals surface area (Å²) >= 11 is 0. The van der Waals surface area contributed by atoms with Gasteiger partial charge in [0.05, 0.1) is 18.1 Å². The monoisotopic (exact) mass is 245 g/mol.